The molecule has 0 radical (unpaired) electrons. The van der Waals surface area contributed by atoms with Gasteiger partial charge < -0.3 is 5.32 Å². The van der Waals surface area contributed by atoms with Crippen molar-refractivity contribution in [3.05, 3.63) is 44.5 Å². The first-order valence-electron chi connectivity index (χ1n) is 4.90. The van der Waals surface area contributed by atoms with Crippen molar-refractivity contribution in [3.63, 3.8) is 0 Å². The van der Waals surface area contributed by atoms with E-state index in [9.17, 15) is 9.18 Å². The second-order valence-electron chi connectivity index (χ2n) is 3.17. The number of nitrogens with one attached hydrogen (secondary N) is 1. The van der Waals surface area contributed by atoms with Gasteiger partial charge in [-0.25, -0.2) is 4.39 Å². The van der Waals surface area contributed by atoms with Crippen LogP contribution >= 0.6 is 15.9 Å². The third-order valence-corrected chi connectivity index (χ3v) is 2.59. The highest BCUT2D eigenvalue weighted by atomic mass is 79.9. The molecule has 7 heteroatoms. The van der Waals surface area contributed by atoms with Crippen LogP contribution < -0.4 is 5.32 Å². The van der Waals surface area contributed by atoms with Crippen molar-refractivity contribution in [1.82, 2.24) is 5.32 Å². The van der Waals surface area contributed by atoms with Crippen molar-refractivity contribution >= 4 is 21.8 Å². The number of rotatable bonds is 5. The monoisotopic (exact) mass is 300 g/mol. The highest BCUT2D eigenvalue weighted by Gasteiger charge is 2.12. The van der Waals surface area contributed by atoms with E-state index >= 15 is 0 Å². The summed E-state index contributed by atoms with van der Waals surface area (Å²) in [6.07, 6.45) is 0.519. The third-order valence-electron chi connectivity index (χ3n) is 1.98. The zero-order valence-electron chi connectivity index (χ0n) is 8.86. The lowest BCUT2D eigenvalue weighted by atomic mass is 10.2. The van der Waals surface area contributed by atoms with Crippen molar-refractivity contribution < 1.29 is 9.18 Å². The Morgan fingerprint density at radius 3 is 3.06 bits per heavy atom. The maximum atomic E-state index is 13.5. The molecule has 1 aromatic rings. The predicted octanol–water partition coefficient (Wildman–Crippen LogP) is 3.02. The number of hydrogen-bond acceptors (Lipinski definition) is 2. The molecule has 0 saturated carbocycles. The van der Waals surface area contributed by atoms with Crippen molar-refractivity contribution in [2.24, 2.45) is 5.11 Å². The van der Waals surface area contributed by atoms with E-state index in [-0.39, 0.29) is 10.0 Å². The fourth-order valence-corrected chi connectivity index (χ4v) is 1.54. The molecule has 90 valence electrons. The largest absolute Gasteiger partial charge is 0.352 e. The quantitative estimate of drug-likeness (QED) is 0.386. The number of carbonyl (C=O) groups excluding carboxylic acids is 1. The molecule has 1 amide bonds. The Morgan fingerprint density at radius 1 is 1.59 bits per heavy atom. The Labute approximate surface area is 106 Å². The number of hydrogen-bond donors (Lipinski definition) is 1. The zero-order valence-corrected chi connectivity index (χ0v) is 10.4. The van der Waals surface area contributed by atoms with Crippen LogP contribution in [0, 0.1) is 5.82 Å². The predicted molar refractivity (Wildman–Crippen MR) is 65.1 cm³/mol. The van der Waals surface area contributed by atoms with Crippen molar-refractivity contribution in [3.8, 4) is 0 Å². The zero-order chi connectivity index (χ0) is 12.7. The molecule has 17 heavy (non-hydrogen) atoms. The number of benzene rings is 1. The van der Waals surface area contributed by atoms with Crippen LogP contribution in [0.15, 0.2) is 27.8 Å². The molecule has 0 fully saturated rings. The molecule has 0 saturated heterocycles. The fraction of sp³-hybridized carbons (Fsp3) is 0.300. The molecular formula is C10H10BrFN4O. The van der Waals surface area contributed by atoms with Gasteiger partial charge in [0.1, 0.15) is 5.82 Å². The van der Waals surface area contributed by atoms with Crippen LogP contribution in [-0.4, -0.2) is 19.0 Å². The Hall–Kier alpha value is -1.59. The minimum Gasteiger partial charge on any atom is -0.352 e. The SMILES string of the molecule is [N-]=[N+]=NCCCNC(=O)c1cccc(Br)c1F. The van der Waals surface area contributed by atoms with Crippen LogP contribution in [0.4, 0.5) is 4.39 Å². The number of nitrogens with zero attached hydrogens (tertiary/aromatic N) is 3. The molecule has 1 rings (SSSR count). The summed E-state index contributed by atoms with van der Waals surface area (Å²) in [7, 11) is 0. The van der Waals surface area contributed by atoms with Crippen LogP contribution in [0.5, 0.6) is 0 Å². The van der Waals surface area contributed by atoms with Crippen molar-refractivity contribution in [1.29, 1.82) is 0 Å². The van der Waals surface area contributed by atoms with E-state index in [0.29, 0.717) is 19.5 Å². The van der Waals surface area contributed by atoms with Crippen molar-refractivity contribution in [2.45, 2.75) is 6.42 Å². The lowest BCUT2D eigenvalue weighted by molar-refractivity contribution is 0.0949. The lowest BCUT2D eigenvalue weighted by Gasteiger charge is -2.05. The van der Waals surface area contributed by atoms with E-state index in [0.717, 1.165) is 0 Å². The third kappa shape index (κ3) is 4.05. The van der Waals surface area contributed by atoms with E-state index in [1.54, 1.807) is 6.07 Å². The minimum atomic E-state index is -0.583. The van der Waals surface area contributed by atoms with Gasteiger partial charge in [0, 0.05) is 18.0 Å². The van der Waals surface area contributed by atoms with E-state index < -0.39 is 11.7 Å². The molecular weight excluding hydrogens is 291 g/mol. The first kappa shape index (κ1) is 13.5. The van der Waals surface area contributed by atoms with Gasteiger partial charge in [-0.05, 0) is 40.0 Å². The van der Waals surface area contributed by atoms with Crippen LogP contribution in [0.25, 0.3) is 10.4 Å². The number of halogens is 2. The Bertz CT molecular complexity index is 460. The van der Waals surface area contributed by atoms with Gasteiger partial charge in [0.15, 0.2) is 0 Å². The molecule has 5 nitrogen and oxygen atoms in total. The number of azide groups is 1. The number of amides is 1. The maximum Gasteiger partial charge on any atom is 0.254 e. The summed E-state index contributed by atoms with van der Waals surface area (Å²) in [6.45, 7) is 0.640. The summed E-state index contributed by atoms with van der Waals surface area (Å²) in [5, 5.41) is 5.86. The van der Waals surface area contributed by atoms with Crippen LogP contribution in [0.1, 0.15) is 16.8 Å². The Kier molecular flexibility index (Phi) is 5.45. The summed E-state index contributed by atoms with van der Waals surface area (Å²) in [6, 6.07) is 4.51. The van der Waals surface area contributed by atoms with Gasteiger partial charge in [0.2, 0.25) is 0 Å². The smallest absolute Gasteiger partial charge is 0.254 e. The van der Waals surface area contributed by atoms with Gasteiger partial charge in [0.25, 0.3) is 5.91 Å². The first-order valence-corrected chi connectivity index (χ1v) is 5.69. The normalized spacial score (nSPS) is 9.53. The number of carbonyl (C=O) groups is 1. The average molecular weight is 301 g/mol. The van der Waals surface area contributed by atoms with E-state index in [1.165, 1.54) is 12.1 Å². The molecule has 0 aliphatic rings. The first-order chi connectivity index (χ1) is 8.16. The van der Waals surface area contributed by atoms with Gasteiger partial charge in [0.05, 0.1) is 10.0 Å². The molecule has 1 aromatic carbocycles. The molecule has 1 N–H and O–H groups in total. The average Bonchev–Trinajstić information content (AvgIpc) is 2.32. The highest BCUT2D eigenvalue weighted by Crippen LogP contribution is 2.18. The van der Waals surface area contributed by atoms with Crippen molar-refractivity contribution in [2.75, 3.05) is 13.1 Å². The second kappa shape index (κ2) is 6.88. The fourth-order valence-electron chi connectivity index (χ4n) is 1.17. The van der Waals surface area contributed by atoms with Crippen LogP contribution in [0.2, 0.25) is 0 Å². The molecule has 0 bridgehead atoms. The molecule has 0 spiro atoms. The van der Waals surface area contributed by atoms with E-state index in [2.05, 4.69) is 31.3 Å². The standard InChI is InChI=1S/C10H10BrFN4O/c11-8-4-1-3-7(9(8)12)10(17)14-5-2-6-15-16-13/h1,3-4H,2,5-6H2,(H,14,17). The molecule has 0 atom stereocenters. The van der Waals surface area contributed by atoms with E-state index in [1.807, 2.05) is 0 Å². The van der Waals surface area contributed by atoms with Gasteiger partial charge in [-0.3, -0.25) is 4.79 Å². The van der Waals surface area contributed by atoms with Gasteiger partial charge in [-0.1, -0.05) is 11.2 Å². The molecule has 0 aliphatic heterocycles. The molecule has 0 aromatic heterocycles. The van der Waals surface area contributed by atoms with Crippen LogP contribution in [0.3, 0.4) is 0 Å². The van der Waals surface area contributed by atoms with Gasteiger partial charge in [-0.15, -0.1) is 0 Å². The summed E-state index contributed by atoms with van der Waals surface area (Å²) in [5.74, 6) is -1.07. The molecule has 0 aliphatic carbocycles. The maximum absolute atomic E-state index is 13.5. The molecule has 0 unspecified atom stereocenters. The summed E-state index contributed by atoms with van der Waals surface area (Å²) in [5.41, 5.74) is 8.02. The Morgan fingerprint density at radius 2 is 2.35 bits per heavy atom. The minimum absolute atomic E-state index is 0.0110. The van der Waals surface area contributed by atoms with Gasteiger partial charge >= 0.3 is 0 Å². The molecule has 0 heterocycles. The topological polar surface area (TPSA) is 77.9 Å². The van der Waals surface area contributed by atoms with Gasteiger partial charge in [-0.2, -0.15) is 0 Å². The summed E-state index contributed by atoms with van der Waals surface area (Å²) >= 11 is 3.01. The van der Waals surface area contributed by atoms with Crippen LogP contribution in [-0.2, 0) is 0 Å². The summed E-state index contributed by atoms with van der Waals surface area (Å²) < 4.78 is 13.8. The lowest BCUT2D eigenvalue weighted by Crippen LogP contribution is -2.25. The Balaban J connectivity index is 2.52. The summed E-state index contributed by atoms with van der Waals surface area (Å²) in [4.78, 5) is 14.2. The van der Waals surface area contributed by atoms with E-state index in [4.69, 9.17) is 5.53 Å². The highest BCUT2D eigenvalue weighted by molar-refractivity contribution is 9.10. The second-order valence-corrected chi connectivity index (χ2v) is 4.02.